The number of carbonyl (C=O) groups excluding carboxylic acids is 1. The van der Waals surface area contributed by atoms with Gasteiger partial charge in [-0.25, -0.2) is 4.39 Å². The Morgan fingerprint density at radius 1 is 1.52 bits per heavy atom. The highest BCUT2D eigenvalue weighted by Crippen LogP contribution is 2.35. The fourth-order valence-electron chi connectivity index (χ4n) is 2.41. The maximum Gasteiger partial charge on any atom is 0.323 e. The first-order valence-electron chi connectivity index (χ1n) is 6.72. The number of aliphatic carboxylic acids is 1. The van der Waals surface area contributed by atoms with Crippen molar-refractivity contribution in [2.24, 2.45) is 5.41 Å². The second-order valence-electron chi connectivity index (χ2n) is 5.26. The molecule has 0 saturated carbocycles. The van der Waals surface area contributed by atoms with Crippen molar-refractivity contribution in [3.05, 3.63) is 29.6 Å². The second-order valence-corrected chi connectivity index (χ2v) is 5.26. The van der Waals surface area contributed by atoms with Crippen LogP contribution < -0.4 is 4.74 Å². The molecule has 0 saturated heterocycles. The van der Waals surface area contributed by atoms with Crippen molar-refractivity contribution in [3.63, 3.8) is 0 Å². The van der Waals surface area contributed by atoms with E-state index in [2.05, 4.69) is 0 Å². The van der Waals surface area contributed by atoms with Crippen LogP contribution in [-0.4, -0.2) is 29.8 Å². The molecule has 0 aliphatic carbocycles. The van der Waals surface area contributed by atoms with E-state index in [9.17, 15) is 19.1 Å². The molecule has 0 bridgehead atoms. The largest absolute Gasteiger partial charge is 0.490 e. The fraction of sp³-hybridized carbons (Fsp3) is 0.467. The van der Waals surface area contributed by atoms with Crippen molar-refractivity contribution in [3.8, 4) is 5.75 Å². The second kappa shape index (κ2) is 5.71. The van der Waals surface area contributed by atoms with Gasteiger partial charge >= 0.3 is 11.9 Å². The van der Waals surface area contributed by atoms with Crippen molar-refractivity contribution >= 4 is 11.9 Å². The number of ether oxygens (including phenoxy) is 2. The lowest BCUT2D eigenvalue weighted by atomic mass is 9.83. The maximum atomic E-state index is 13.2. The summed E-state index contributed by atoms with van der Waals surface area (Å²) in [5.74, 6) is -1.89. The minimum atomic E-state index is -1.68. The predicted octanol–water partition coefficient (Wildman–Crippen LogP) is 2.17. The number of fused-ring (bicyclic) bond motifs is 1. The van der Waals surface area contributed by atoms with Gasteiger partial charge in [0.2, 0.25) is 0 Å². The number of halogens is 1. The normalized spacial score (nSPS) is 19.3. The number of hydrogen-bond donors (Lipinski definition) is 1. The molecule has 1 aromatic rings. The quantitative estimate of drug-likeness (QED) is 0.666. The fourth-order valence-corrected chi connectivity index (χ4v) is 2.41. The van der Waals surface area contributed by atoms with E-state index in [-0.39, 0.29) is 18.8 Å². The third kappa shape index (κ3) is 2.99. The lowest BCUT2D eigenvalue weighted by Gasteiger charge is -2.25. The Morgan fingerprint density at radius 3 is 2.86 bits per heavy atom. The van der Waals surface area contributed by atoms with E-state index in [0.717, 1.165) is 0 Å². The third-order valence-corrected chi connectivity index (χ3v) is 3.60. The van der Waals surface area contributed by atoms with Crippen LogP contribution in [0.2, 0.25) is 0 Å². The summed E-state index contributed by atoms with van der Waals surface area (Å²) >= 11 is 0. The Hall–Kier alpha value is -2.11. The van der Waals surface area contributed by atoms with Gasteiger partial charge in [-0.1, -0.05) is 0 Å². The Bertz CT molecular complexity index is 571. The average molecular weight is 296 g/mol. The first-order valence-corrected chi connectivity index (χ1v) is 6.72. The topological polar surface area (TPSA) is 72.8 Å². The molecule has 2 rings (SSSR count). The summed E-state index contributed by atoms with van der Waals surface area (Å²) in [7, 11) is 0. The smallest absolute Gasteiger partial charge is 0.323 e. The molecule has 0 spiro atoms. The van der Waals surface area contributed by atoms with Gasteiger partial charge in [0.05, 0.1) is 6.61 Å². The molecule has 1 aliphatic rings. The van der Waals surface area contributed by atoms with Gasteiger partial charge in [-0.15, -0.1) is 0 Å². The zero-order valence-corrected chi connectivity index (χ0v) is 11.9. The van der Waals surface area contributed by atoms with E-state index < -0.39 is 23.5 Å². The molecular weight excluding hydrogens is 279 g/mol. The Labute approximate surface area is 121 Å². The van der Waals surface area contributed by atoms with Crippen LogP contribution >= 0.6 is 0 Å². The van der Waals surface area contributed by atoms with Crippen LogP contribution in [-0.2, 0) is 20.7 Å². The zero-order valence-electron chi connectivity index (χ0n) is 11.9. The predicted molar refractivity (Wildman–Crippen MR) is 71.5 cm³/mol. The van der Waals surface area contributed by atoms with Crippen molar-refractivity contribution < 1.29 is 28.6 Å². The van der Waals surface area contributed by atoms with Crippen molar-refractivity contribution in [2.75, 3.05) is 6.61 Å². The van der Waals surface area contributed by atoms with Gasteiger partial charge in [-0.3, -0.25) is 9.59 Å². The minimum Gasteiger partial charge on any atom is -0.490 e. The van der Waals surface area contributed by atoms with Crippen LogP contribution in [0, 0.1) is 11.2 Å². The summed E-state index contributed by atoms with van der Waals surface area (Å²) in [6, 6.07) is 4.15. The molecule has 1 heterocycles. The first kappa shape index (κ1) is 15.3. The zero-order chi connectivity index (χ0) is 15.6. The molecule has 114 valence electrons. The van der Waals surface area contributed by atoms with Gasteiger partial charge in [0, 0.05) is 18.4 Å². The van der Waals surface area contributed by atoms with E-state index in [1.165, 1.54) is 25.1 Å². The van der Waals surface area contributed by atoms with Gasteiger partial charge in [0.25, 0.3) is 0 Å². The number of rotatable bonds is 5. The van der Waals surface area contributed by atoms with Gasteiger partial charge in [-0.2, -0.15) is 0 Å². The molecule has 21 heavy (non-hydrogen) atoms. The van der Waals surface area contributed by atoms with Crippen LogP contribution in [0.15, 0.2) is 18.2 Å². The summed E-state index contributed by atoms with van der Waals surface area (Å²) in [6.45, 7) is 3.05. The lowest BCUT2D eigenvalue weighted by Crippen LogP contribution is -2.41. The highest BCUT2D eigenvalue weighted by atomic mass is 19.1. The van der Waals surface area contributed by atoms with E-state index in [4.69, 9.17) is 9.47 Å². The first-order chi connectivity index (χ1) is 9.86. The molecule has 1 aliphatic heterocycles. The van der Waals surface area contributed by atoms with Crippen LogP contribution in [0.5, 0.6) is 5.75 Å². The Balaban J connectivity index is 2.13. The number of carboxylic acids is 1. The summed E-state index contributed by atoms with van der Waals surface area (Å²) in [5, 5.41) is 9.33. The maximum absolute atomic E-state index is 13.2. The van der Waals surface area contributed by atoms with Gasteiger partial charge in [0.15, 0.2) is 5.41 Å². The van der Waals surface area contributed by atoms with Crippen LogP contribution in [0.25, 0.3) is 0 Å². The van der Waals surface area contributed by atoms with E-state index in [0.29, 0.717) is 17.7 Å². The number of carboxylic acid groups (broad SMARTS) is 1. The van der Waals surface area contributed by atoms with Crippen LogP contribution in [0.3, 0.4) is 0 Å². The van der Waals surface area contributed by atoms with E-state index in [1.807, 2.05) is 0 Å². The summed E-state index contributed by atoms with van der Waals surface area (Å²) in [6.07, 6.45) is -0.153. The van der Waals surface area contributed by atoms with Crippen molar-refractivity contribution in [1.29, 1.82) is 0 Å². The van der Waals surface area contributed by atoms with Crippen LogP contribution in [0.1, 0.15) is 25.8 Å². The monoisotopic (exact) mass is 296 g/mol. The van der Waals surface area contributed by atoms with Gasteiger partial charge in [0.1, 0.15) is 17.7 Å². The molecule has 1 N–H and O–H groups in total. The van der Waals surface area contributed by atoms with Crippen molar-refractivity contribution in [2.45, 2.75) is 32.8 Å². The summed E-state index contributed by atoms with van der Waals surface area (Å²) in [5.41, 5.74) is -1.00. The third-order valence-electron chi connectivity index (χ3n) is 3.60. The number of esters is 1. The SMILES string of the molecule is CCOC(=O)C(C)(CC1Cc2cc(F)ccc2O1)C(=O)O. The highest BCUT2D eigenvalue weighted by Gasteiger charge is 2.46. The molecule has 6 heteroatoms. The number of benzene rings is 1. The molecule has 2 unspecified atom stereocenters. The Morgan fingerprint density at radius 2 is 2.24 bits per heavy atom. The van der Waals surface area contributed by atoms with E-state index >= 15 is 0 Å². The molecule has 1 aromatic carbocycles. The lowest BCUT2D eigenvalue weighted by molar-refractivity contribution is -0.169. The van der Waals surface area contributed by atoms with E-state index in [1.54, 1.807) is 6.92 Å². The molecule has 2 atom stereocenters. The molecular formula is C15H17FO5. The molecule has 0 aromatic heterocycles. The molecule has 0 amide bonds. The van der Waals surface area contributed by atoms with Gasteiger partial charge < -0.3 is 14.6 Å². The standard InChI is InChI=1S/C15H17FO5/c1-3-20-14(19)15(2,13(17)18)8-11-7-9-6-10(16)4-5-12(9)21-11/h4-6,11H,3,7-8H2,1-2H3,(H,17,18). The minimum absolute atomic E-state index is 0.0303. The molecule has 0 radical (unpaired) electrons. The van der Waals surface area contributed by atoms with Crippen LogP contribution in [0.4, 0.5) is 4.39 Å². The highest BCUT2D eigenvalue weighted by molar-refractivity contribution is 5.98. The number of hydrogen-bond acceptors (Lipinski definition) is 4. The summed E-state index contributed by atoms with van der Waals surface area (Å²) < 4.78 is 23.6. The van der Waals surface area contributed by atoms with Gasteiger partial charge in [-0.05, 0) is 32.0 Å². The number of carbonyl (C=O) groups is 2. The summed E-state index contributed by atoms with van der Waals surface area (Å²) in [4.78, 5) is 23.3. The molecule has 0 fully saturated rings. The Kier molecular flexibility index (Phi) is 4.16. The average Bonchev–Trinajstić information content (AvgIpc) is 2.79. The molecule has 5 nitrogen and oxygen atoms in total. The van der Waals surface area contributed by atoms with Crippen molar-refractivity contribution in [1.82, 2.24) is 0 Å².